The van der Waals surface area contributed by atoms with Crippen LogP contribution in [-0.2, 0) is 4.79 Å². The Morgan fingerprint density at radius 3 is 2.71 bits per heavy atom. The average molecular weight is 521 g/mol. The van der Waals surface area contributed by atoms with Gasteiger partial charge in [-0.15, -0.1) is 10.2 Å². The van der Waals surface area contributed by atoms with Gasteiger partial charge in [-0.3, -0.25) is 4.79 Å². The molecule has 0 saturated carbocycles. The van der Waals surface area contributed by atoms with Crippen LogP contribution in [0, 0.1) is 0 Å². The molecule has 0 aliphatic rings. The Morgan fingerprint density at radius 1 is 1.19 bits per heavy atom. The summed E-state index contributed by atoms with van der Waals surface area (Å²) in [7, 11) is 0. The molecule has 0 aliphatic heterocycles. The molecule has 1 aromatic heterocycles. The second kappa shape index (κ2) is 11.8. The molecule has 0 spiro atoms. The van der Waals surface area contributed by atoms with Crippen molar-refractivity contribution in [3.05, 3.63) is 52.5 Å². The van der Waals surface area contributed by atoms with Crippen LogP contribution in [0.3, 0.4) is 0 Å². The topological polar surface area (TPSA) is 85.7 Å². The van der Waals surface area contributed by atoms with E-state index >= 15 is 0 Å². The van der Waals surface area contributed by atoms with Crippen LogP contribution in [0.15, 0.2) is 56.4 Å². The molecular weight excluding hydrogens is 500 g/mol. The molecule has 0 aliphatic carbocycles. The third-order valence-electron chi connectivity index (χ3n) is 3.78. The van der Waals surface area contributed by atoms with Crippen molar-refractivity contribution in [1.29, 1.82) is 0 Å². The summed E-state index contributed by atoms with van der Waals surface area (Å²) >= 11 is 6.27. The molecule has 3 rings (SSSR count). The first-order valence-corrected chi connectivity index (χ1v) is 12.1. The molecule has 1 N–H and O–H groups in total. The number of carbonyl (C=O) groups excluding carboxylic acids is 1. The largest absolute Gasteiger partial charge is 0.490 e. The number of amides is 1. The maximum atomic E-state index is 12.1. The van der Waals surface area contributed by atoms with E-state index in [0.717, 1.165) is 24.9 Å². The van der Waals surface area contributed by atoms with Gasteiger partial charge < -0.3 is 9.47 Å². The third kappa shape index (κ3) is 6.78. The van der Waals surface area contributed by atoms with Crippen LogP contribution in [-0.4, -0.2) is 41.3 Å². The van der Waals surface area contributed by atoms with Gasteiger partial charge >= 0.3 is 0 Å². The summed E-state index contributed by atoms with van der Waals surface area (Å²) in [5, 5.41) is 13.2. The lowest BCUT2D eigenvalue weighted by Gasteiger charge is -2.13. The summed E-state index contributed by atoms with van der Waals surface area (Å²) in [6.45, 7) is 4.86. The average Bonchev–Trinajstić information content (AvgIpc) is 3.25. The fourth-order valence-corrected chi connectivity index (χ4v) is 4.74. The van der Waals surface area contributed by atoms with Gasteiger partial charge in [-0.05, 0) is 47.5 Å². The normalized spacial score (nSPS) is 10.9. The maximum absolute atomic E-state index is 12.1. The third-order valence-corrected chi connectivity index (χ3v) is 6.47. The van der Waals surface area contributed by atoms with Crippen LogP contribution in [0.5, 0.6) is 11.5 Å². The Balaban J connectivity index is 1.54. The SMILES string of the molecule is CCOc1cc(C=NNC(=O)CSc2nnc(-c3ccccc3)s2)cc(Br)c1OCC. The van der Waals surface area contributed by atoms with Crippen molar-refractivity contribution < 1.29 is 14.3 Å². The molecule has 3 aromatic rings. The highest BCUT2D eigenvalue weighted by Gasteiger charge is 2.12. The van der Waals surface area contributed by atoms with Crippen LogP contribution < -0.4 is 14.9 Å². The number of aromatic nitrogens is 2. The second-order valence-electron chi connectivity index (χ2n) is 6.02. The molecule has 1 heterocycles. The van der Waals surface area contributed by atoms with E-state index in [1.165, 1.54) is 23.1 Å². The van der Waals surface area contributed by atoms with Gasteiger partial charge in [-0.2, -0.15) is 5.10 Å². The monoisotopic (exact) mass is 520 g/mol. The molecule has 7 nitrogen and oxygen atoms in total. The van der Waals surface area contributed by atoms with Crippen molar-refractivity contribution in [2.24, 2.45) is 5.10 Å². The molecule has 0 unspecified atom stereocenters. The number of halogens is 1. The molecule has 0 fully saturated rings. The van der Waals surface area contributed by atoms with Gasteiger partial charge in [0.2, 0.25) is 0 Å². The van der Waals surface area contributed by atoms with E-state index in [0.29, 0.717) is 24.7 Å². The summed E-state index contributed by atoms with van der Waals surface area (Å²) < 4.78 is 12.8. The summed E-state index contributed by atoms with van der Waals surface area (Å²) in [6, 6.07) is 13.5. The van der Waals surface area contributed by atoms with Gasteiger partial charge in [0.05, 0.1) is 29.7 Å². The highest BCUT2D eigenvalue weighted by molar-refractivity contribution is 9.10. The van der Waals surface area contributed by atoms with Crippen LogP contribution >= 0.6 is 39.0 Å². The Hall–Kier alpha value is -2.43. The van der Waals surface area contributed by atoms with Crippen LogP contribution in [0.2, 0.25) is 0 Å². The Kier molecular flexibility index (Phi) is 8.86. The minimum absolute atomic E-state index is 0.192. The van der Waals surface area contributed by atoms with E-state index in [2.05, 4.69) is 36.7 Å². The van der Waals surface area contributed by atoms with Crippen molar-refractivity contribution >= 4 is 51.2 Å². The lowest BCUT2D eigenvalue weighted by molar-refractivity contribution is -0.118. The molecule has 162 valence electrons. The number of carbonyl (C=O) groups is 1. The highest BCUT2D eigenvalue weighted by Crippen LogP contribution is 2.36. The number of nitrogens with zero attached hydrogens (tertiary/aromatic N) is 3. The quantitative estimate of drug-likeness (QED) is 0.230. The highest BCUT2D eigenvalue weighted by atomic mass is 79.9. The lowest BCUT2D eigenvalue weighted by Crippen LogP contribution is -2.19. The molecule has 31 heavy (non-hydrogen) atoms. The number of ether oxygens (including phenoxy) is 2. The van der Waals surface area contributed by atoms with Crippen molar-refractivity contribution in [3.8, 4) is 22.1 Å². The van der Waals surface area contributed by atoms with Crippen LogP contribution in [0.4, 0.5) is 0 Å². The molecule has 0 atom stereocenters. The second-order valence-corrected chi connectivity index (χ2v) is 9.07. The van der Waals surface area contributed by atoms with E-state index in [-0.39, 0.29) is 11.7 Å². The Morgan fingerprint density at radius 2 is 1.97 bits per heavy atom. The minimum Gasteiger partial charge on any atom is -0.490 e. The predicted octanol–water partition coefficient (Wildman–Crippen LogP) is 5.01. The van der Waals surface area contributed by atoms with Crippen molar-refractivity contribution in [3.63, 3.8) is 0 Å². The zero-order chi connectivity index (χ0) is 22.1. The van der Waals surface area contributed by atoms with Gasteiger partial charge in [0.15, 0.2) is 15.8 Å². The number of nitrogens with one attached hydrogen (secondary N) is 1. The number of hydrogen-bond donors (Lipinski definition) is 1. The van der Waals surface area contributed by atoms with Crippen LogP contribution in [0.25, 0.3) is 10.6 Å². The number of thioether (sulfide) groups is 1. The van der Waals surface area contributed by atoms with E-state index in [1.54, 1.807) is 6.21 Å². The maximum Gasteiger partial charge on any atom is 0.250 e. The first-order chi connectivity index (χ1) is 15.1. The first-order valence-electron chi connectivity index (χ1n) is 9.53. The number of rotatable bonds is 10. The molecule has 0 saturated heterocycles. The van der Waals surface area contributed by atoms with Crippen molar-refractivity contribution in [2.45, 2.75) is 18.2 Å². The minimum atomic E-state index is -0.229. The number of hydrazone groups is 1. The fraction of sp³-hybridized carbons (Fsp3) is 0.238. The Labute approximate surface area is 197 Å². The summed E-state index contributed by atoms with van der Waals surface area (Å²) in [5.41, 5.74) is 4.30. The molecule has 0 bridgehead atoms. The standard InChI is InChI=1S/C21H21BrN4O3S2/c1-3-28-17-11-14(10-16(22)19(17)29-4-2)12-23-24-18(27)13-30-21-26-25-20(31-21)15-8-6-5-7-9-15/h5-12H,3-4,13H2,1-2H3,(H,24,27). The predicted molar refractivity (Wildman–Crippen MR) is 128 cm³/mol. The Bertz CT molecular complexity index is 1040. The molecule has 0 radical (unpaired) electrons. The van der Waals surface area contributed by atoms with Gasteiger partial charge in [0, 0.05) is 5.56 Å². The van der Waals surface area contributed by atoms with Gasteiger partial charge in [-0.25, -0.2) is 5.43 Å². The fourth-order valence-electron chi connectivity index (χ4n) is 2.51. The summed E-state index contributed by atoms with van der Waals surface area (Å²) in [5.74, 6) is 1.23. The lowest BCUT2D eigenvalue weighted by atomic mass is 10.2. The zero-order valence-corrected chi connectivity index (χ0v) is 20.2. The smallest absolute Gasteiger partial charge is 0.250 e. The van der Waals surface area contributed by atoms with Crippen LogP contribution in [0.1, 0.15) is 19.4 Å². The van der Waals surface area contributed by atoms with Gasteiger partial charge in [-0.1, -0.05) is 53.4 Å². The van der Waals surface area contributed by atoms with Crippen molar-refractivity contribution in [2.75, 3.05) is 19.0 Å². The van der Waals surface area contributed by atoms with E-state index in [1.807, 2.05) is 56.3 Å². The molecular formula is C21H21BrN4O3S2. The van der Waals surface area contributed by atoms with Crippen molar-refractivity contribution in [1.82, 2.24) is 15.6 Å². The molecule has 2 aromatic carbocycles. The summed E-state index contributed by atoms with van der Waals surface area (Å²) in [4.78, 5) is 12.1. The van der Waals surface area contributed by atoms with E-state index in [9.17, 15) is 4.79 Å². The van der Waals surface area contributed by atoms with E-state index < -0.39 is 0 Å². The summed E-state index contributed by atoms with van der Waals surface area (Å²) in [6.07, 6.45) is 1.56. The number of benzene rings is 2. The number of hydrogen-bond acceptors (Lipinski definition) is 8. The molecule has 10 heteroatoms. The molecule has 1 amide bonds. The van der Waals surface area contributed by atoms with Gasteiger partial charge in [0.25, 0.3) is 5.91 Å². The van der Waals surface area contributed by atoms with E-state index in [4.69, 9.17) is 9.47 Å². The zero-order valence-electron chi connectivity index (χ0n) is 17.0. The first kappa shape index (κ1) is 23.2. The van der Waals surface area contributed by atoms with Gasteiger partial charge in [0.1, 0.15) is 5.01 Å².